The lowest BCUT2D eigenvalue weighted by atomic mass is 10.3. The molecule has 0 saturated carbocycles. The number of rotatable bonds is 2. The number of hydrogen-bond acceptors (Lipinski definition) is 2. The lowest BCUT2D eigenvalue weighted by Gasteiger charge is -2.06. The van der Waals surface area contributed by atoms with Crippen LogP contribution in [0.4, 0.5) is 10.1 Å². The Morgan fingerprint density at radius 2 is 2.14 bits per heavy atom. The van der Waals surface area contributed by atoms with E-state index in [-0.39, 0.29) is 5.91 Å². The Labute approximate surface area is 128 Å². The van der Waals surface area contributed by atoms with E-state index in [4.69, 9.17) is 0 Å². The fraction of sp³-hybridized carbons (Fsp3) is 0.0667. The first kappa shape index (κ1) is 13.8. The third-order valence-electron chi connectivity index (χ3n) is 3.05. The Kier molecular flexibility index (Phi) is 3.47. The average Bonchev–Trinajstić information content (AvgIpc) is 2.74. The molecule has 0 bridgehead atoms. The van der Waals surface area contributed by atoms with Crippen molar-refractivity contribution in [2.75, 3.05) is 5.32 Å². The van der Waals surface area contributed by atoms with Crippen molar-refractivity contribution in [2.24, 2.45) is 0 Å². The molecule has 0 aliphatic rings. The average molecular weight is 348 g/mol. The predicted molar refractivity (Wildman–Crippen MR) is 82.0 cm³/mol. The molecule has 0 atom stereocenters. The van der Waals surface area contributed by atoms with Crippen molar-refractivity contribution in [1.82, 2.24) is 9.38 Å². The van der Waals surface area contributed by atoms with Crippen LogP contribution in [-0.4, -0.2) is 15.3 Å². The highest BCUT2D eigenvalue weighted by Gasteiger charge is 2.17. The van der Waals surface area contributed by atoms with E-state index in [0.29, 0.717) is 22.7 Å². The first-order valence-electron chi connectivity index (χ1n) is 6.26. The summed E-state index contributed by atoms with van der Waals surface area (Å²) in [6.45, 7) is 1.72. The van der Waals surface area contributed by atoms with E-state index in [2.05, 4.69) is 26.2 Å². The number of fused-ring (bicyclic) bond motifs is 1. The van der Waals surface area contributed by atoms with Gasteiger partial charge in [0.05, 0.1) is 5.69 Å². The molecule has 3 rings (SSSR count). The van der Waals surface area contributed by atoms with E-state index in [1.165, 1.54) is 22.7 Å². The van der Waals surface area contributed by atoms with E-state index in [0.717, 1.165) is 4.47 Å². The summed E-state index contributed by atoms with van der Waals surface area (Å²) in [5.41, 5.74) is 2.06. The van der Waals surface area contributed by atoms with Crippen molar-refractivity contribution in [2.45, 2.75) is 6.92 Å². The first-order chi connectivity index (χ1) is 10.0. The van der Waals surface area contributed by atoms with Gasteiger partial charge < -0.3 is 5.32 Å². The van der Waals surface area contributed by atoms with Gasteiger partial charge in [0.2, 0.25) is 0 Å². The predicted octanol–water partition coefficient (Wildman–Crippen LogP) is 3.80. The summed E-state index contributed by atoms with van der Waals surface area (Å²) >= 11 is 3.35. The number of imidazole rings is 1. The summed E-state index contributed by atoms with van der Waals surface area (Å²) in [7, 11) is 0. The van der Waals surface area contributed by atoms with Gasteiger partial charge in [-0.25, -0.2) is 9.37 Å². The summed E-state index contributed by atoms with van der Waals surface area (Å²) < 4.78 is 15.7. The molecule has 3 aromatic rings. The van der Waals surface area contributed by atoms with Crippen LogP contribution in [0.25, 0.3) is 5.65 Å². The van der Waals surface area contributed by atoms with Crippen molar-refractivity contribution >= 4 is 33.2 Å². The van der Waals surface area contributed by atoms with Gasteiger partial charge in [-0.3, -0.25) is 9.20 Å². The minimum atomic E-state index is -0.420. The van der Waals surface area contributed by atoms with Gasteiger partial charge in [-0.15, -0.1) is 0 Å². The summed E-state index contributed by atoms with van der Waals surface area (Å²) in [6.07, 6.45) is 1.26. The third kappa shape index (κ3) is 2.67. The van der Waals surface area contributed by atoms with Gasteiger partial charge in [-0.05, 0) is 37.3 Å². The number of carbonyl (C=O) groups is 1. The minimum absolute atomic E-state index is 0.324. The monoisotopic (exact) mass is 347 g/mol. The van der Waals surface area contributed by atoms with Crippen molar-refractivity contribution in [1.29, 1.82) is 0 Å². The largest absolute Gasteiger partial charge is 0.321 e. The van der Waals surface area contributed by atoms with Gasteiger partial charge in [0.25, 0.3) is 5.91 Å². The van der Waals surface area contributed by atoms with Gasteiger partial charge in [0.15, 0.2) is 0 Å². The van der Waals surface area contributed by atoms with Gasteiger partial charge in [-0.1, -0.05) is 22.0 Å². The maximum atomic E-state index is 13.4. The zero-order valence-corrected chi connectivity index (χ0v) is 12.7. The number of hydrogen-bond donors (Lipinski definition) is 1. The van der Waals surface area contributed by atoms with E-state index in [9.17, 15) is 9.18 Å². The SMILES string of the molecule is Cc1nc2ccc(F)cn2c1C(=O)Nc1cccc(Br)c1. The van der Waals surface area contributed by atoms with E-state index < -0.39 is 5.82 Å². The van der Waals surface area contributed by atoms with Crippen LogP contribution in [0.15, 0.2) is 47.1 Å². The summed E-state index contributed by atoms with van der Waals surface area (Å²) in [4.78, 5) is 16.7. The number of aromatic nitrogens is 2. The highest BCUT2D eigenvalue weighted by molar-refractivity contribution is 9.10. The molecular weight excluding hydrogens is 337 g/mol. The number of benzene rings is 1. The molecule has 0 spiro atoms. The maximum Gasteiger partial charge on any atom is 0.274 e. The van der Waals surface area contributed by atoms with E-state index in [1.54, 1.807) is 19.1 Å². The zero-order valence-electron chi connectivity index (χ0n) is 11.1. The van der Waals surface area contributed by atoms with Crippen LogP contribution in [0.5, 0.6) is 0 Å². The van der Waals surface area contributed by atoms with Crippen molar-refractivity contribution in [3.63, 3.8) is 0 Å². The fourth-order valence-electron chi connectivity index (χ4n) is 2.17. The van der Waals surface area contributed by atoms with Crippen LogP contribution in [-0.2, 0) is 0 Å². The van der Waals surface area contributed by atoms with Crippen LogP contribution in [0.1, 0.15) is 16.2 Å². The van der Waals surface area contributed by atoms with Gasteiger partial charge in [0, 0.05) is 16.4 Å². The second-order valence-corrected chi connectivity index (χ2v) is 5.50. The molecule has 1 amide bonds. The Morgan fingerprint density at radius 3 is 2.90 bits per heavy atom. The van der Waals surface area contributed by atoms with Crippen molar-refractivity contribution in [3.8, 4) is 0 Å². The zero-order chi connectivity index (χ0) is 15.0. The number of nitrogens with one attached hydrogen (secondary N) is 1. The number of halogens is 2. The molecule has 2 heterocycles. The van der Waals surface area contributed by atoms with Crippen molar-refractivity contribution < 1.29 is 9.18 Å². The third-order valence-corrected chi connectivity index (χ3v) is 3.55. The summed E-state index contributed by atoms with van der Waals surface area (Å²) in [6, 6.07) is 10.1. The van der Waals surface area contributed by atoms with Crippen molar-refractivity contribution in [3.05, 3.63) is 64.3 Å². The molecular formula is C15H11BrFN3O. The van der Waals surface area contributed by atoms with E-state index in [1.807, 2.05) is 12.1 Å². The number of aryl methyl sites for hydroxylation is 1. The number of amides is 1. The molecule has 4 nitrogen and oxygen atoms in total. The molecule has 0 aliphatic carbocycles. The standard InChI is InChI=1S/C15H11BrFN3O/c1-9-14(20-8-11(17)5-6-13(20)18-9)15(21)19-12-4-2-3-10(16)7-12/h2-8H,1H3,(H,19,21). The molecule has 0 unspecified atom stereocenters. The topological polar surface area (TPSA) is 46.4 Å². The Balaban J connectivity index is 2.01. The van der Waals surface area contributed by atoms with Gasteiger partial charge in [0.1, 0.15) is 17.2 Å². The fourth-order valence-corrected chi connectivity index (χ4v) is 2.57. The van der Waals surface area contributed by atoms with Gasteiger partial charge >= 0.3 is 0 Å². The number of pyridine rings is 1. The number of carbonyl (C=O) groups excluding carboxylic acids is 1. The molecule has 21 heavy (non-hydrogen) atoms. The lowest BCUT2D eigenvalue weighted by molar-refractivity contribution is 0.102. The smallest absolute Gasteiger partial charge is 0.274 e. The second kappa shape index (κ2) is 5.29. The lowest BCUT2D eigenvalue weighted by Crippen LogP contribution is -2.15. The van der Waals surface area contributed by atoms with Crippen LogP contribution in [0.2, 0.25) is 0 Å². The van der Waals surface area contributed by atoms with Crippen LogP contribution in [0, 0.1) is 12.7 Å². The highest BCUT2D eigenvalue weighted by atomic mass is 79.9. The summed E-state index contributed by atoms with van der Waals surface area (Å²) in [5.74, 6) is -0.750. The molecule has 0 fully saturated rings. The Morgan fingerprint density at radius 1 is 1.33 bits per heavy atom. The normalized spacial score (nSPS) is 10.8. The molecule has 2 aromatic heterocycles. The van der Waals surface area contributed by atoms with Gasteiger partial charge in [-0.2, -0.15) is 0 Å². The molecule has 1 aromatic carbocycles. The second-order valence-electron chi connectivity index (χ2n) is 4.59. The van der Waals surface area contributed by atoms with E-state index >= 15 is 0 Å². The molecule has 6 heteroatoms. The molecule has 0 radical (unpaired) electrons. The highest BCUT2D eigenvalue weighted by Crippen LogP contribution is 2.18. The molecule has 0 aliphatic heterocycles. The molecule has 106 valence electrons. The van der Waals surface area contributed by atoms with Crippen LogP contribution in [0.3, 0.4) is 0 Å². The summed E-state index contributed by atoms with van der Waals surface area (Å²) in [5, 5.41) is 2.79. The van der Waals surface area contributed by atoms with Crippen LogP contribution >= 0.6 is 15.9 Å². The quantitative estimate of drug-likeness (QED) is 0.766. The maximum absolute atomic E-state index is 13.4. The Bertz CT molecular complexity index is 844. The Hall–Kier alpha value is -2.21. The minimum Gasteiger partial charge on any atom is -0.321 e. The molecule has 0 saturated heterocycles. The first-order valence-corrected chi connectivity index (χ1v) is 7.05. The van der Waals surface area contributed by atoms with Crippen LogP contribution < -0.4 is 5.32 Å². The number of nitrogens with zero attached hydrogens (tertiary/aromatic N) is 2. The number of anilines is 1. The molecule has 1 N–H and O–H groups in total.